The van der Waals surface area contributed by atoms with Crippen LogP contribution in [0.15, 0.2) is 24.3 Å². The fraction of sp³-hybridized carbons (Fsp3) is 0.474. The minimum Gasteiger partial charge on any atom is -0.461 e. The molecule has 29 heavy (non-hydrogen) atoms. The lowest BCUT2D eigenvalue weighted by atomic mass is 10.0. The van der Waals surface area contributed by atoms with E-state index >= 15 is 0 Å². The molecule has 10 heteroatoms. The summed E-state index contributed by atoms with van der Waals surface area (Å²) in [6, 6.07) is 6.40. The van der Waals surface area contributed by atoms with Crippen LogP contribution in [0.4, 0.5) is 5.69 Å². The maximum atomic E-state index is 11.6. The van der Waals surface area contributed by atoms with Crippen LogP contribution in [0.25, 0.3) is 0 Å². The summed E-state index contributed by atoms with van der Waals surface area (Å²) < 4.78 is 27.0. The SMILES string of the molecule is CC(=O)Nc1ccc(O[C@@H]2OC[C@@H](OC(C)=O)[C@H](OC(C)=O)[C@H]2OC(C)=O)cc1. The number of amides is 1. The van der Waals surface area contributed by atoms with Gasteiger partial charge in [0.05, 0.1) is 6.61 Å². The molecule has 1 fully saturated rings. The summed E-state index contributed by atoms with van der Waals surface area (Å²) in [5, 5.41) is 2.62. The Hall–Kier alpha value is -3.14. The molecule has 0 unspecified atom stereocenters. The Balaban J connectivity index is 2.22. The predicted octanol–water partition coefficient (Wildman–Crippen LogP) is 1.18. The first kappa shape index (κ1) is 22.2. The molecular formula is C19H23NO9. The number of anilines is 1. The van der Waals surface area contributed by atoms with Crippen LogP contribution in [0, 0.1) is 0 Å². The third kappa shape index (κ3) is 6.75. The van der Waals surface area contributed by atoms with Gasteiger partial charge in [0.15, 0.2) is 12.2 Å². The van der Waals surface area contributed by atoms with Crippen molar-refractivity contribution in [2.75, 3.05) is 11.9 Å². The molecule has 4 atom stereocenters. The Labute approximate surface area is 167 Å². The van der Waals surface area contributed by atoms with Crippen molar-refractivity contribution in [2.45, 2.75) is 52.3 Å². The van der Waals surface area contributed by atoms with Crippen molar-refractivity contribution in [1.82, 2.24) is 0 Å². The van der Waals surface area contributed by atoms with Crippen molar-refractivity contribution < 1.29 is 42.9 Å². The molecule has 1 saturated heterocycles. The molecule has 1 heterocycles. The van der Waals surface area contributed by atoms with E-state index in [1.165, 1.54) is 27.7 Å². The topological polar surface area (TPSA) is 126 Å². The molecule has 0 spiro atoms. The van der Waals surface area contributed by atoms with Crippen molar-refractivity contribution in [3.05, 3.63) is 24.3 Å². The largest absolute Gasteiger partial charge is 0.461 e. The number of esters is 3. The van der Waals surface area contributed by atoms with Crippen molar-refractivity contribution >= 4 is 29.5 Å². The monoisotopic (exact) mass is 409 g/mol. The van der Waals surface area contributed by atoms with Gasteiger partial charge in [0.25, 0.3) is 0 Å². The molecule has 1 aliphatic heterocycles. The molecule has 0 saturated carbocycles. The summed E-state index contributed by atoms with van der Waals surface area (Å²) in [5.74, 6) is -1.78. The number of hydrogen-bond acceptors (Lipinski definition) is 9. The smallest absolute Gasteiger partial charge is 0.303 e. The van der Waals surface area contributed by atoms with Gasteiger partial charge in [-0.2, -0.15) is 0 Å². The molecule has 1 aliphatic rings. The number of carbonyl (C=O) groups excluding carboxylic acids is 4. The molecule has 1 aromatic rings. The van der Waals surface area contributed by atoms with Crippen LogP contribution in [0.3, 0.4) is 0 Å². The maximum Gasteiger partial charge on any atom is 0.303 e. The van der Waals surface area contributed by atoms with E-state index < -0.39 is 42.5 Å². The van der Waals surface area contributed by atoms with Crippen molar-refractivity contribution in [2.24, 2.45) is 0 Å². The molecule has 158 valence electrons. The van der Waals surface area contributed by atoms with Gasteiger partial charge in [0.1, 0.15) is 5.75 Å². The number of carbonyl (C=O) groups is 4. The summed E-state index contributed by atoms with van der Waals surface area (Å²) in [6.07, 6.45) is -4.38. The molecule has 0 aromatic heterocycles. The maximum absolute atomic E-state index is 11.6. The van der Waals surface area contributed by atoms with Gasteiger partial charge in [-0.05, 0) is 24.3 Å². The van der Waals surface area contributed by atoms with E-state index in [0.717, 1.165) is 0 Å². The lowest BCUT2D eigenvalue weighted by Gasteiger charge is -2.40. The average Bonchev–Trinajstić information content (AvgIpc) is 2.60. The van der Waals surface area contributed by atoms with Crippen molar-refractivity contribution in [3.63, 3.8) is 0 Å². The zero-order valence-corrected chi connectivity index (χ0v) is 16.5. The van der Waals surface area contributed by atoms with Gasteiger partial charge in [-0.1, -0.05) is 0 Å². The van der Waals surface area contributed by atoms with E-state index in [9.17, 15) is 19.2 Å². The van der Waals surface area contributed by atoms with Crippen LogP contribution < -0.4 is 10.1 Å². The molecule has 0 aliphatic carbocycles. The first-order valence-corrected chi connectivity index (χ1v) is 8.83. The van der Waals surface area contributed by atoms with E-state index in [4.69, 9.17) is 23.7 Å². The standard InChI is InChI=1S/C19H23NO9/c1-10(21)20-14-5-7-15(8-6-14)29-19-18(28-13(4)24)17(27-12(3)23)16(9-25-19)26-11(2)22/h5-8,16-19H,9H2,1-4H3,(H,20,21)/t16-,17+,18-,19+/m1/s1. The van der Waals surface area contributed by atoms with Crippen LogP contribution in [-0.4, -0.2) is 55.0 Å². The first-order chi connectivity index (χ1) is 13.7. The van der Waals surface area contributed by atoms with Gasteiger partial charge < -0.3 is 29.0 Å². The fourth-order valence-corrected chi connectivity index (χ4v) is 2.76. The quantitative estimate of drug-likeness (QED) is 0.544. The lowest BCUT2D eigenvalue weighted by Crippen LogP contribution is -2.59. The van der Waals surface area contributed by atoms with Gasteiger partial charge in [0.2, 0.25) is 18.3 Å². The van der Waals surface area contributed by atoms with Gasteiger partial charge in [-0.25, -0.2) is 0 Å². The molecule has 10 nitrogen and oxygen atoms in total. The number of benzene rings is 1. The summed E-state index contributed by atoms with van der Waals surface area (Å²) in [6.45, 7) is 4.81. The minimum atomic E-state index is -1.18. The highest BCUT2D eigenvalue weighted by Crippen LogP contribution is 2.27. The lowest BCUT2D eigenvalue weighted by molar-refractivity contribution is -0.259. The number of ether oxygens (including phenoxy) is 5. The van der Waals surface area contributed by atoms with Gasteiger partial charge in [-0.15, -0.1) is 0 Å². The van der Waals surface area contributed by atoms with Gasteiger partial charge >= 0.3 is 17.9 Å². The van der Waals surface area contributed by atoms with Gasteiger partial charge in [-0.3, -0.25) is 19.2 Å². The highest BCUT2D eigenvalue weighted by Gasteiger charge is 2.48. The molecule has 2 rings (SSSR count). The Morgan fingerprint density at radius 2 is 1.41 bits per heavy atom. The van der Waals surface area contributed by atoms with Crippen LogP contribution in [0.5, 0.6) is 5.75 Å². The summed E-state index contributed by atoms with van der Waals surface area (Å²) >= 11 is 0. The number of rotatable bonds is 6. The Kier molecular flexibility index (Phi) is 7.54. The zero-order chi connectivity index (χ0) is 21.6. The highest BCUT2D eigenvalue weighted by atomic mass is 16.7. The fourth-order valence-electron chi connectivity index (χ4n) is 2.76. The van der Waals surface area contributed by atoms with Crippen molar-refractivity contribution in [3.8, 4) is 5.75 Å². The Morgan fingerprint density at radius 3 is 1.93 bits per heavy atom. The number of nitrogens with one attached hydrogen (secondary N) is 1. The van der Waals surface area contributed by atoms with Crippen molar-refractivity contribution in [1.29, 1.82) is 0 Å². The Morgan fingerprint density at radius 1 is 0.862 bits per heavy atom. The third-order valence-corrected chi connectivity index (χ3v) is 3.73. The Bertz CT molecular complexity index is 761. The second-order valence-corrected chi connectivity index (χ2v) is 6.32. The summed E-state index contributed by atoms with van der Waals surface area (Å²) in [7, 11) is 0. The van der Waals surface area contributed by atoms with Crippen LogP contribution >= 0.6 is 0 Å². The summed E-state index contributed by atoms with van der Waals surface area (Å²) in [4.78, 5) is 45.6. The first-order valence-electron chi connectivity index (χ1n) is 8.83. The zero-order valence-electron chi connectivity index (χ0n) is 16.5. The normalized spacial score (nSPS) is 23.4. The molecule has 1 N–H and O–H groups in total. The molecule has 1 aromatic carbocycles. The van der Waals surface area contributed by atoms with Crippen LogP contribution in [0.1, 0.15) is 27.7 Å². The third-order valence-electron chi connectivity index (χ3n) is 3.73. The van der Waals surface area contributed by atoms with Crippen LogP contribution in [-0.2, 0) is 38.1 Å². The number of hydrogen-bond donors (Lipinski definition) is 1. The van der Waals surface area contributed by atoms with E-state index in [-0.39, 0.29) is 12.5 Å². The molecular weight excluding hydrogens is 386 g/mol. The van der Waals surface area contributed by atoms with E-state index in [1.54, 1.807) is 24.3 Å². The highest BCUT2D eigenvalue weighted by molar-refractivity contribution is 5.88. The van der Waals surface area contributed by atoms with E-state index in [0.29, 0.717) is 11.4 Å². The molecule has 0 bridgehead atoms. The molecule has 0 radical (unpaired) electrons. The minimum absolute atomic E-state index is 0.135. The summed E-state index contributed by atoms with van der Waals surface area (Å²) in [5.41, 5.74) is 0.568. The van der Waals surface area contributed by atoms with Crippen LogP contribution in [0.2, 0.25) is 0 Å². The molecule has 1 amide bonds. The van der Waals surface area contributed by atoms with Gasteiger partial charge in [0, 0.05) is 33.4 Å². The predicted molar refractivity (Wildman–Crippen MR) is 97.8 cm³/mol. The average molecular weight is 409 g/mol. The van der Waals surface area contributed by atoms with E-state index in [1.807, 2.05) is 0 Å². The van der Waals surface area contributed by atoms with E-state index in [2.05, 4.69) is 5.32 Å². The second-order valence-electron chi connectivity index (χ2n) is 6.32. The second kappa shape index (κ2) is 9.87.